The van der Waals surface area contributed by atoms with Gasteiger partial charge in [-0.25, -0.2) is 14.8 Å². The predicted molar refractivity (Wildman–Crippen MR) is 128 cm³/mol. The lowest BCUT2D eigenvalue weighted by atomic mass is 10.1. The Bertz CT molecular complexity index is 1240. The summed E-state index contributed by atoms with van der Waals surface area (Å²) in [5.41, 5.74) is 6.44. The maximum Gasteiger partial charge on any atom is 0.338 e. The van der Waals surface area contributed by atoms with Crippen LogP contribution in [0.2, 0.25) is 0 Å². The summed E-state index contributed by atoms with van der Waals surface area (Å²) >= 11 is 4.75. The Hall–Kier alpha value is -2.75. The van der Waals surface area contributed by atoms with Crippen molar-refractivity contribution in [3.63, 3.8) is 0 Å². The molecule has 0 radical (unpaired) electrons. The molecule has 0 aliphatic carbocycles. The van der Waals surface area contributed by atoms with E-state index in [0.717, 1.165) is 38.6 Å². The number of aryl methyl sites for hydroxylation is 2. The topological polar surface area (TPSA) is 74.1 Å². The highest BCUT2D eigenvalue weighted by Crippen LogP contribution is 2.25. The maximum absolute atomic E-state index is 12.7. The number of carbonyl (C=O) groups is 2. The van der Waals surface area contributed by atoms with Crippen LogP contribution in [0.3, 0.4) is 0 Å². The Morgan fingerprint density at radius 1 is 1.12 bits per heavy atom. The Kier molecular flexibility index (Phi) is 6.88. The zero-order valence-electron chi connectivity index (χ0n) is 17.8. The first-order chi connectivity index (χ1) is 15.4. The molecule has 0 saturated carbocycles. The van der Waals surface area contributed by atoms with Crippen molar-refractivity contribution in [2.24, 2.45) is 0 Å². The van der Waals surface area contributed by atoms with E-state index in [1.165, 1.54) is 11.3 Å². The number of hydrogen-bond acceptors (Lipinski definition) is 8. The molecule has 6 nitrogen and oxygen atoms in total. The number of ether oxygens (including phenoxy) is 1. The van der Waals surface area contributed by atoms with Crippen molar-refractivity contribution >= 4 is 46.2 Å². The smallest absolute Gasteiger partial charge is 0.338 e. The van der Waals surface area contributed by atoms with E-state index in [-0.39, 0.29) is 12.4 Å². The van der Waals surface area contributed by atoms with Crippen LogP contribution in [0.4, 0.5) is 0 Å². The van der Waals surface area contributed by atoms with Crippen LogP contribution in [0.1, 0.15) is 43.5 Å². The van der Waals surface area contributed by atoms with E-state index in [2.05, 4.69) is 9.97 Å². The van der Waals surface area contributed by atoms with Gasteiger partial charge in [0, 0.05) is 38.4 Å². The fourth-order valence-corrected chi connectivity index (χ4v) is 5.61. The minimum atomic E-state index is -0.515. The van der Waals surface area contributed by atoms with Crippen molar-refractivity contribution in [3.8, 4) is 5.13 Å². The molecule has 0 aliphatic heterocycles. The summed E-state index contributed by atoms with van der Waals surface area (Å²) in [5.74, 6) is 0.0287. The molecule has 0 spiro atoms. The van der Waals surface area contributed by atoms with Gasteiger partial charge in [-0.3, -0.25) is 9.36 Å². The number of ketones is 1. The molecule has 0 atom stereocenters. The Morgan fingerprint density at radius 2 is 1.91 bits per heavy atom. The number of Topliss-reactive ketones (excluding diaryl/α,β-unsaturated/α-hetero) is 1. The molecule has 0 aliphatic rings. The zero-order chi connectivity index (χ0) is 22.7. The summed E-state index contributed by atoms with van der Waals surface area (Å²) < 4.78 is 7.24. The second kappa shape index (κ2) is 9.81. The van der Waals surface area contributed by atoms with Crippen LogP contribution in [0.5, 0.6) is 0 Å². The van der Waals surface area contributed by atoms with E-state index in [1.54, 1.807) is 35.2 Å². The van der Waals surface area contributed by atoms with Crippen molar-refractivity contribution < 1.29 is 14.3 Å². The molecule has 3 aromatic heterocycles. The lowest BCUT2D eigenvalue weighted by molar-refractivity contribution is 0.0474. The van der Waals surface area contributed by atoms with Gasteiger partial charge in [0.15, 0.2) is 11.7 Å². The molecule has 0 unspecified atom stereocenters. The van der Waals surface area contributed by atoms with Gasteiger partial charge in [0.25, 0.3) is 0 Å². The van der Waals surface area contributed by atoms with Gasteiger partial charge in [0.05, 0.1) is 22.5 Å². The monoisotopic (exact) mass is 483 g/mol. The number of esters is 1. The molecule has 4 aromatic rings. The lowest BCUT2D eigenvalue weighted by Crippen LogP contribution is -2.15. The largest absolute Gasteiger partial charge is 0.454 e. The molecule has 4 rings (SSSR count). The first-order valence-corrected chi connectivity index (χ1v) is 12.6. The minimum Gasteiger partial charge on any atom is -0.454 e. The second-order valence-corrected chi connectivity index (χ2v) is 9.79. The zero-order valence-corrected chi connectivity index (χ0v) is 20.3. The normalized spacial score (nSPS) is 11.0. The molecule has 1 aromatic carbocycles. The van der Waals surface area contributed by atoms with Gasteiger partial charge < -0.3 is 4.74 Å². The third-order valence-corrected chi connectivity index (χ3v) is 7.45. The Morgan fingerprint density at radius 3 is 2.56 bits per heavy atom. The van der Waals surface area contributed by atoms with Gasteiger partial charge in [-0.2, -0.15) is 0 Å². The van der Waals surface area contributed by atoms with Crippen molar-refractivity contribution in [1.82, 2.24) is 14.5 Å². The number of rotatable bonds is 8. The third kappa shape index (κ3) is 5.01. The van der Waals surface area contributed by atoms with Crippen molar-refractivity contribution in [2.75, 3.05) is 6.61 Å². The van der Waals surface area contributed by atoms with Gasteiger partial charge in [-0.05, 0) is 51.1 Å². The van der Waals surface area contributed by atoms with Crippen LogP contribution in [-0.2, 0) is 10.5 Å². The number of hydrogen-bond donors (Lipinski definition) is 0. The molecule has 0 saturated heterocycles. The number of nitrogens with zero attached hydrogens (tertiary/aromatic N) is 3. The first kappa shape index (κ1) is 22.4. The lowest BCUT2D eigenvalue weighted by Gasteiger charge is -2.07. The summed E-state index contributed by atoms with van der Waals surface area (Å²) in [7, 11) is 0. The standard InChI is InChI=1S/C23H21N3O3S3/c1-14-10-32-23(25-14)26-15(2)8-20(16(26)3)21(27)9-29-22(28)17-4-6-19(7-5-17)31-12-18-11-30-13-24-18/h4-8,10-11,13H,9,12H2,1-3H3. The highest BCUT2D eigenvalue weighted by molar-refractivity contribution is 7.98. The van der Waals surface area contributed by atoms with E-state index in [4.69, 9.17) is 4.74 Å². The van der Waals surface area contributed by atoms with E-state index in [0.29, 0.717) is 11.1 Å². The van der Waals surface area contributed by atoms with Crippen molar-refractivity contribution in [1.29, 1.82) is 0 Å². The number of thioether (sulfide) groups is 1. The molecular weight excluding hydrogens is 462 g/mol. The van der Waals surface area contributed by atoms with Crippen molar-refractivity contribution in [2.45, 2.75) is 31.4 Å². The molecular formula is C23H21N3O3S3. The molecule has 0 N–H and O–H groups in total. The Labute approximate surface area is 198 Å². The number of carbonyl (C=O) groups excluding carboxylic acids is 2. The molecule has 3 heterocycles. The number of aromatic nitrogens is 3. The van der Waals surface area contributed by atoms with E-state index < -0.39 is 5.97 Å². The van der Waals surface area contributed by atoms with Crippen LogP contribution in [0.15, 0.2) is 51.5 Å². The summed E-state index contributed by atoms with van der Waals surface area (Å²) in [6, 6.07) is 8.99. The number of benzene rings is 1. The van der Waals surface area contributed by atoms with Gasteiger partial charge in [-0.1, -0.05) is 0 Å². The first-order valence-electron chi connectivity index (χ1n) is 9.84. The van der Waals surface area contributed by atoms with Gasteiger partial charge in [0.2, 0.25) is 5.78 Å². The quantitative estimate of drug-likeness (QED) is 0.183. The second-order valence-electron chi connectivity index (χ2n) is 7.18. The molecule has 0 bridgehead atoms. The van der Waals surface area contributed by atoms with Crippen molar-refractivity contribution in [3.05, 3.63) is 80.5 Å². The highest BCUT2D eigenvalue weighted by Gasteiger charge is 2.19. The van der Waals surface area contributed by atoms with E-state index >= 15 is 0 Å². The summed E-state index contributed by atoms with van der Waals surface area (Å²) in [6.45, 7) is 5.44. The predicted octanol–water partition coefficient (Wildman–Crippen LogP) is 5.65. The maximum atomic E-state index is 12.7. The van der Waals surface area contributed by atoms with Gasteiger partial charge >= 0.3 is 5.97 Å². The molecule has 32 heavy (non-hydrogen) atoms. The average Bonchev–Trinajstić information content (AvgIpc) is 3.52. The highest BCUT2D eigenvalue weighted by atomic mass is 32.2. The Balaban J connectivity index is 1.36. The van der Waals surface area contributed by atoms with Gasteiger partial charge in [-0.15, -0.1) is 34.4 Å². The number of thiazole rings is 2. The van der Waals surface area contributed by atoms with E-state index in [9.17, 15) is 9.59 Å². The fraction of sp³-hybridized carbons (Fsp3) is 0.217. The SMILES string of the molecule is Cc1csc(-n2c(C)cc(C(=O)COC(=O)c3ccc(SCc4cscn4)cc3)c2C)n1. The third-order valence-electron chi connectivity index (χ3n) is 4.82. The molecule has 0 fully saturated rings. The average molecular weight is 484 g/mol. The summed E-state index contributed by atoms with van der Waals surface area (Å²) in [4.78, 5) is 35.0. The van der Waals surface area contributed by atoms with Crippen LogP contribution < -0.4 is 0 Å². The minimum absolute atomic E-state index is 0.235. The van der Waals surface area contributed by atoms with Crippen LogP contribution in [0.25, 0.3) is 5.13 Å². The van der Waals surface area contributed by atoms with E-state index in [1.807, 2.05) is 59.8 Å². The molecule has 164 valence electrons. The van der Waals surface area contributed by atoms with Gasteiger partial charge in [0.1, 0.15) is 0 Å². The summed E-state index contributed by atoms with van der Waals surface area (Å²) in [5, 5.41) is 4.81. The van der Waals surface area contributed by atoms with Crippen LogP contribution >= 0.6 is 34.4 Å². The molecule has 9 heteroatoms. The fourth-order valence-electron chi connectivity index (χ4n) is 3.23. The van der Waals surface area contributed by atoms with Crippen LogP contribution in [0, 0.1) is 20.8 Å². The molecule has 0 amide bonds. The summed E-state index contributed by atoms with van der Waals surface area (Å²) in [6.07, 6.45) is 0. The van der Waals surface area contributed by atoms with Crippen LogP contribution in [-0.4, -0.2) is 32.9 Å².